The molecule has 0 saturated carbocycles. The summed E-state index contributed by atoms with van der Waals surface area (Å²) in [6.45, 7) is 4.23. The highest BCUT2D eigenvalue weighted by Crippen LogP contribution is 2.12. The molecule has 0 radical (unpaired) electrons. The van der Waals surface area contributed by atoms with Crippen LogP contribution in [0.25, 0.3) is 0 Å². The second-order valence-electron chi connectivity index (χ2n) is 5.54. The Morgan fingerprint density at radius 1 is 1.00 bits per heavy atom. The van der Waals surface area contributed by atoms with Gasteiger partial charge in [0.15, 0.2) is 9.76 Å². The first-order valence-electron chi connectivity index (χ1n) is 8.13. The van der Waals surface area contributed by atoms with Gasteiger partial charge in [0.1, 0.15) is 0 Å². The summed E-state index contributed by atoms with van der Waals surface area (Å²) >= 11 is 0. The molecule has 0 aromatic heterocycles. The first-order valence-corrected chi connectivity index (χ1v) is 9.52. The molecular formula is C15H32O2Si. The Bertz CT molecular complexity index is 170. The van der Waals surface area contributed by atoms with E-state index in [1.807, 2.05) is 0 Å². The minimum absolute atomic E-state index is 0.407. The third-order valence-corrected chi connectivity index (χ3v) is 5.26. The van der Waals surface area contributed by atoms with E-state index in [0.717, 1.165) is 13.2 Å². The monoisotopic (exact) mass is 272 g/mol. The van der Waals surface area contributed by atoms with Crippen molar-refractivity contribution < 1.29 is 9.16 Å². The second-order valence-corrected chi connectivity index (χ2v) is 7.19. The highest BCUT2D eigenvalue weighted by Gasteiger charge is 2.14. The highest BCUT2D eigenvalue weighted by atomic mass is 28.2. The third-order valence-electron chi connectivity index (χ3n) is 3.72. The molecule has 2 nitrogen and oxygen atoms in total. The molecule has 1 rings (SSSR count). The van der Waals surface area contributed by atoms with E-state index in [2.05, 4.69) is 6.92 Å². The van der Waals surface area contributed by atoms with Crippen molar-refractivity contribution in [2.24, 2.45) is 0 Å². The van der Waals surface area contributed by atoms with Crippen LogP contribution in [0.2, 0.25) is 0 Å². The van der Waals surface area contributed by atoms with Gasteiger partial charge in [0, 0.05) is 13.2 Å². The van der Waals surface area contributed by atoms with E-state index >= 15 is 0 Å². The van der Waals surface area contributed by atoms with Crippen LogP contribution in [0.15, 0.2) is 0 Å². The number of hydrogen-bond acceptors (Lipinski definition) is 2. The van der Waals surface area contributed by atoms with E-state index < -0.39 is 9.76 Å². The van der Waals surface area contributed by atoms with Gasteiger partial charge in [0.05, 0.1) is 5.73 Å². The van der Waals surface area contributed by atoms with Crippen molar-refractivity contribution in [3.63, 3.8) is 0 Å². The number of ether oxygens (including phenoxy) is 1. The van der Waals surface area contributed by atoms with E-state index in [1.54, 1.807) is 0 Å². The van der Waals surface area contributed by atoms with E-state index in [4.69, 9.17) is 9.16 Å². The summed E-state index contributed by atoms with van der Waals surface area (Å²) in [5, 5.41) is 0. The first kappa shape index (κ1) is 16.2. The standard InChI is InChI=1S/C15H32O2Si/c1-2-3-4-5-6-7-8-10-14-17-18-15-12-9-11-13-16-15/h15H,2-14,18H2,1H3. The van der Waals surface area contributed by atoms with Gasteiger partial charge >= 0.3 is 0 Å². The molecule has 1 heterocycles. The van der Waals surface area contributed by atoms with E-state index in [-0.39, 0.29) is 0 Å². The lowest BCUT2D eigenvalue weighted by molar-refractivity contribution is 0.0549. The van der Waals surface area contributed by atoms with Crippen molar-refractivity contribution in [3.05, 3.63) is 0 Å². The fraction of sp³-hybridized carbons (Fsp3) is 1.00. The molecule has 1 unspecified atom stereocenters. The lowest BCUT2D eigenvalue weighted by Gasteiger charge is -2.21. The number of rotatable bonds is 11. The molecule has 1 saturated heterocycles. The lowest BCUT2D eigenvalue weighted by Crippen LogP contribution is -2.27. The summed E-state index contributed by atoms with van der Waals surface area (Å²) in [6, 6.07) is 0. The van der Waals surface area contributed by atoms with Gasteiger partial charge < -0.3 is 9.16 Å². The van der Waals surface area contributed by atoms with Crippen LogP contribution in [-0.2, 0) is 9.16 Å². The minimum Gasteiger partial charge on any atom is -0.421 e. The summed E-state index contributed by atoms with van der Waals surface area (Å²) in [5.41, 5.74) is 0.521. The van der Waals surface area contributed by atoms with Crippen molar-refractivity contribution in [3.8, 4) is 0 Å². The molecule has 0 aromatic carbocycles. The summed E-state index contributed by atoms with van der Waals surface area (Å²) < 4.78 is 11.5. The van der Waals surface area contributed by atoms with Gasteiger partial charge in [-0.05, 0) is 25.7 Å². The maximum atomic E-state index is 5.83. The average molecular weight is 273 g/mol. The molecule has 0 aliphatic carbocycles. The molecule has 3 heteroatoms. The van der Waals surface area contributed by atoms with E-state index in [0.29, 0.717) is 5.73 Å². The molecule has 1 aliphatic heterocycles. The van der Waals surface area contributed by atoms with Crippen LogP contribution in [-0.4, -0.2) is 28.7 Å². The van der Waals surface area contributed by atoms with Crippen LogP contribution in [0.4, 0.5) is 0 Å². The first-order chi connectivity index (χ1) is 8.93. The van der Waals surface area contributed by atoms with Gasteiger partial charge in [-0.25, -0.2) is 0 Å². The zero-order chi connectivity index (χ0) is 12.9. The van der Waals surface area contributed by atoms with Gasteiger partial charge in [-0.3, -0.25) is 0 Å². The fourth-order valence-electron chi connectivity index (χ4n) is 2.49. The summed E-state index contributed by atoms with van der Waals surface area (Å²) in [4.78, 5) is 0. The Morgan fingerprint density at radius 2 is 1.72 bits per heavy atom. The zero-order valence-electron chi connectivity index (χ0n) is 12.3. The highest BCUT2D eigenvalue weighted by molar-refractivity contribution is 6.29. The van der Waals surface area contributed by atoms with Crippen LogP contribution in [0.3, 0.4) is 0 Å². The van der Waals surface area contributed by atoms with Crippen molar-refractivity contribution in [1.82, 2.24) is 0 Å². The Hall–Kier alpha value is 0.137. The molecule has 1 atom stereocenters. The summed E-state index contributed by atoms with van der Waals surface area (Å²) in [7, 11) is -0.407. The van der Waals surface area contributed by atoms with Gasteiger partial charge in [0.2, 0.25) is 0 Å². The number of hydrogen-bond donors (Lipinski definition) is 0. The van der Waals surface area contributed by atoms with Gasteiger partial charge in [-0.2, -0.15) is 0 Å². The Morgan fingerprint density at radius 3 is 2.39 bits per heavy atom. The third kappa shape index (κ3) is 9.12. The molecule has 0 aromatic rings. The van der Waals surface area contributed by atoms with Gasteiger partial charge in [0.25, 0.3) is 0 Å². The maximum absolute atomic E-state index is 5.83. The molecule has 1 fully saturated rings. The van der Waals surface area contributed by atoms with Gasteiger partial charge in [-0.15, -0.1) is 0 Å². The minimum atomic E-state index is -0.407. The predicted molar refractivity (Wildman–Crippen MR) is 80.7 cm³/mol. The fourth-order valence-corrected chi connectivity index (χ4v) is 3.84. The largest absolute Gasteiger partial charge is 0.421 e. The summed E-state index contributed by atoms with van der Waals surface area (Å²) in [5.74, 6) is 0. The van der Waals surface area contributed by atoms with E-state index in [1.165, 1.54) is 70.6 Å². The van der Waals surface area contributed by atoms with E-state index in [9.17, 15) is 0 Å². The smallest absolute Gasteiger partial charge is 0.190 e. The van der Waals surface area contributed by atoms with Crippen LogP contribution >= 0.6 is 0 Å². The average Bonchev–Trinajstić information content (AvgIpc) is 2.42. The Kier molecular flexibility index (Phi) is 11.0. The Balaban J connectivity index is 1.73. The van der Waals surface area contributed by atoms with Crippen molar-refractivity contribution in [1.29, 1.82) is 0 Å². The SMILES string of the molecule is CCCCCCCCCCO[SiH2]C1CCCCO1. The quantitative estimate of drug-likeness (QED) is 0.421. The predicted octanol–water partition coefficient (Wildman–Crippen LogP) is 3.75. The van der Waals surface area contributed by atoms with Crippen molar-refractivity contribution in [2.75, 3.05) is 13.2 Å². The zero-order valence-corrected chi connectivity index (χ0v) is 13.7. The number of unbranched alkanes of at least 4 members (excludes halogenated alkanes) is 7. The lowest BCUT2D eigenvalue weighted by atomic mass is 10.1. The second kappa shape index (κ2) is 12.2. The molecule has 1 aliphatic rings. The molecule has 0 N–H and O–H groups in total. The molecule has 108 valence electrons. The van der Waals surface area contributed by atoms with Crippen LogP contribution < -0.4 is 0 Å². The topological polar surface area (TPSA) is 18.5 Å². The van der Waals surface area contributed by atoms with Crippen LogP contribution in [0, 0.1) is 0 Å². The van der Waals surface area contributed by atoms with Crippen molar-refractivity contribution in [2.45, 2.75) is 83.3 Å². The summed E-state index contributed by atoms with van der Waals surface area (Å²) in [6.07, 6.45) is 14.9. The van der Waals surface area contributed by atoms with Gasteiger partial charge in [-0.1, -0.05) is 51.9 Å². The normalized spacial score (nSPS) is 20.8. The molecular weight excluding hydrogens is 240 g/mol. The molecule has 0 spiro atoms. The molecule has 0 bridgehead atoms. The molecule has 18 heavy (non-hydrogen) atoms. The molecule has 0 amide bonds. The van der Waals surface area contributed by atoms with Crippen LogP contribution in [0.1, 0.15) is 77.6 Å². The Labute approximate surface area is 116 Å². The van der Waals surface area contributed by atoms with Crippen LogP contribution in [0.5, 0.6) is 0 Å². The van der Waals surface area contributed by atoms with Crippen molar-refractivity contribution >= 4 is 9.76 Å². The maximum Gasteiger partial charge on any atom is 0.190 e.